The maximum Gasteiger partial charge on any atom is 0.180 e. The lowest BCUT2D eigenvalue weighted by Gasteiger charge is -2.03. The fourth-order valence-electron chi connectivity index (χ4n) is 2.15. The summed E-state index contributed by atoms with van der Waals surface area (Å²) < 4.78 is 0. The lowest BCUT2D eigenvalue weighted by atomic mass is 10.1. The summed E-state index contributed by atoms with van der Waals surface area (Å²) in [4.78, 5) is 12.4. The Balaban J connectivity index is 2.17. The summed E-state index contributed by atoms with van der Waals surface area (Å²) in [5.41, 5.74) is 5.25. The smallest absolute Gasteiger partial charge is 0.180 e. The van der Waals surface area contributed by atoms with Gasteiger partial charge in [0.1, 0.15) is 11.6 Å². The van der Waals surface area contributed by atoms with Gasteiger partial charge in [0.05, 0.1) is 5.52 Å². The van der Waals surface area contributed by atoms with Gasteiger partial charge in [-0.05, 0) is 37.6 Å². The molecule has 0 aliphatic rings. The van der Waals surface area contributed by atoms with Crippen molar-refractivity contribution in [2.75, 3.05) is 12.4 Å². The van der Waals surface area contributed by atoms with Gasteiger partial charge in [0.25, 0.3) is 0 Å². The zero-order valence-electron chi connectivity index (χ0n) is 11.3. The average Bonchev–Trinajstić information content (AvgIpc) is 2.83. The number of benzene rings is 1. The lowest BCUT2D eigenvalue weighted by Crippen LogP contribution is -1.91. The Morgan fingerprint density at radius 3 is 2.68 bits per heavy atom. The van der Waals surface area contributed by atoms with Crippen molar-refractivity contribution in [2.45, 2.75) is 13.8 Å². The lowest BCUT2D eigenvalue weighted by molar-refractivity contribution is 1.27. The van der Waals surface area contributed by atoms with Crippen molar-refractivity contribution >= 4 is 17.0 Å². The summed E-state index contributed by atoms with van der Waals surface area (Å²) in [6, 6.07) is 10.3. The second kappa shape index (κ2) is 4.39. The number of aromatic amines is 1. The number of pyridine rings is 1. The van der Waals surface area contributed by atoms with E-state index >= 15 is 0 Å². The highest BCUT2D eigenvalue weighted by molar-refractivity contribution is 5.78. The van der Waals surface area contributed by atoms with E-state index in [9.17, 15) is 0 Å². The molecule has 2 N–H and O–H groups in total. The highest BCUT2D eigenvalue weighted by Crippen LogP contribution is 2.24. The Bertz CT molecular complexity index is 743. The molecule has 1 aromatic carbocycles. The first kappa shape index (κ1) is 11.7. The largest absolute Gasteiger partial charge is 0.373 e. The van der Waals surface area contributed by atoms with Crippen LogP contribution in [0.15, 0.2) is 30.3 Å². The molecule has 0 aliphatic heterocycles. The van der Waals surface area contributed by atoms with Crippen LogP contribution in [-0.2, 0) is 0 Å². The fourth-order valence-corrected chi connectivity index (χ4v) is 2.15. The number of H-pyrrole nitrogens is 1. The molecule has 19 heavy (non-hydrogen) atoms. The molecule has 0 spiro atoms. The number of hydrogen-bond acceptors (Lipinski definition) is 3. The van der Waals surface area contributed by atoms with Crippen LogP contribution in [-0.4, -0.2) is 22.0 Å². The van der Waals surface area contributed by atoms with Crippen molar-refractivity contribution in [1.82, 2.24) is 15.0 Å². The van der Waals surface area contributed by atoms with Crippen molar-refractivity contribution < 1.29 is 0 Å². The summed E-state index contributed by atoms with van der Waals surface area (Å²) >= 11 is 0. The van der Waals surface area contributed by atoms with Gasteiger partial charge in [-0.3, -0.25) is 0 Å². The highest BCUT2D eigenvalue weighted by atomic mass is 15.0. The van der Waals surface area contributed by atoms with Crippen molar-refractivity contribution in [3.05, 3.63) is 41.5 Å². The summed E-state index contributed by atoms with van der Waals surface area (Å²) in [5.74, 6) is 1.70. The van der Waals surface area contributed by atoms with E-state index in [1.807, 2.05) is 19.2 Å². The summed E-state index contributed by atoms with van der Waals surface area (Å²) in [6.07, 6.45) is 0. The molecule has 0 aliphatic carbocycles. The molecule has 0 fully saturated rings. The van der Waals surface area contributed by atoms with Crippen LogP contribution in [0.2, 0.25) is 0 Å². The van der Waals surface area contributed by atoms with E-state index in [0.29, 0.717) is 0 Å². The molecule has 0 amide bonds. The van der Waals surface area contributed by atoms with E-state index in [-0.39, 0.29) is 0 Å². The van der Waals surface area contributed by atoms with Crippen molar-refractivity contribution in [3.8, 4) is 11.4 Å². The number of nitrogens with one attached hydrogen (secondary N) is 2. The monoisotopic (exact) mass is 252 g/mol. The zero-order valence-corrected chi connectivity index (χ0v) is 11.3. The Labute approximate surface area is 111 Å². The van der Waals surface area contributed by atoms with E-state index in [2.05, 4.69) is 52.3 Å². The van der Waals surface area contributed by atoms with Gasteiger partial charge in [0.15, 0.2) is 5.65 Å². The number of anilines is 1. The second-order valence-electron chi connectivity index (χ2n) is 4.72. The standard InChI is InChI=1S/C15H16N4/c1-9-4-5-10(2)11(8-9)14-17-12-6-7-13(16-3)18-15(12)19-14/h4-8H,1-3H3,(H2,16,17,18,19). The molecule has 4 heteroatoms. The molecule has 3 aromatic rings. The fraction of sp³-hybridized carbons (Fsp3) is 0.200. The summed E-state index contributed by atoms with van der Waals surface area (Å²) in [7, 11) is 1.85. The molecule has 0 bridgehead atoms. The van der Waals surface area contributed by atoms with Gasteiger partial charge >= 0.3 is 0 Å². The van der Waals surface area contributed by atoms with Gasteiger partial charge in [-0.25, -0.2) is 9.97 Å². The molecule has 0 saturated carbocycles. The summed E-state index contributed by atoms with van der Waals surface area (Å²) in [6.45, 7) is 4.18. The minimum atomic E-state index is 0.739. The number of nitrogens with zero attached hydrogens (tertiary/aromatic N) is 2. The second-order valence-corrected chi connectivity index (χ2v) is 4.72. The minimum absolute atomic E-state index is 0.739. The third kappa shape index (κ3) is 2.05. The number of aryl methyl sites for hydroxylation is 2. The number of rotatable bonds is 2. The zero-order chi connectivity index (χ0) is 13.4. The number of fused-ring (bicyclic) bond motifs is 1. The van der Waals surface area contributed by atoms with Crippen LogP contribution in [0.4, 0.5) is 5.82 Å². The maximum absolute atomic E-state index is 4.59. The predicted molar refractivity (Wildman–Crippen MR) is 78.3 cm³/mol. The predicted octanol–water partition coefficient (Wildman–Crippen LogP) is 3.28. The molecular weight excluding hydrogens is 236 g/mol. The molecule has 0 radical (unpaired) electrons. The highest BCUT2D eigenvalue weighted by Gasteiger charge is 2.09. The number of imidazole rings is 1. The van der Waals surface area contributed by atoms with Crippen LogP contribution < -0.4 is 5.32 Å². The van der Waals surface area contributed by atoms with Crippen molar-refractivity contribution in [3.63, 3.8) is 0 Å². The van der Waals surface area contributed by atoms with E-state index in [4.69, 9.17) is 0 Å². The van der Waals surface area contributed by atoms with E-state index in [1.165, 1.54) is 11.1 Å². The van der Waals surface area contributed by atoms with Gasteiger partial charge in [0.2, 0.25) is 0 Å². The Morgan fingerprint density at radius 1 is 1.05 bits per heavy atom. The van der Waals surface area contributed by atoms with Crippen LogP contribution in [0.25, 0.3) is 22.6 Å². The van der Waals surface area contributed by atoms with Gasteiger partial charge in [-0.1, -0.05) is 17.7 Å². The minimum Gasteiger partial charge on any atom is -0.373 e. The third-order valence-electron chi connectivity index (χ3n) is 3.25. The molecular formula is C15H16N4. The molecule has 0 atom stereocenters. The SMILES string of the molecule is CNc1ccc2[nH]c(-c3cc(C)ccc3C)nc2n1. The van der Waals surface area contributed by atoms with Gasteiger partial charge in [-0.15, -0.1) is 0 Å². The van der Waals surface area contributed by atoms with E-state index in [0.717, 1.165) is 28.4 Å². The number of hydrogen-bond donors (Lipinski definition) is 2. The Kier molecular flexibility index (Phi) is 2.71. The Hall–Kier alpha value is -2.36. The number of aromatic nitrogens is 3. The first-order chi connectivity index (χ1) is 9.17. The molecule has 3 rings (SSSR count). The van der Waals surface area contributed by atoms with Crippen molar-refractivity contribution in [1.29, 1.82) is 0 Å². The summed E-state index contributed by atoms with van der Waals surface area (Å²) in [5, 5.41) is 3.02. The third-order valence-corrected chi connectivity index (χ3v) is 3.25. The molecule has 2 aromatic heterocycles. The van der Waals surface area contributed by atoms with Crippen LogP contribution in [0.3, 0.4) is 0 Å². The van der Waals surface area contributed by atoms with Gasteiger partial charge in [-0.2, -0.15) is 0 Å². The van der Waals surface area contributed by atoms with Crippen LogP contribution in [0.1, 0.15) is 11.1 Å². The van der Waals surface area contributed by atoms with Crippen LogP contribution >= 0.6 is 0 Å². The molecule has 2 heterocycles. The molecule has 0 saturated heterocycles. The molecule has 4 nitrogen and oxygen atoms in total. The van der Waals surface area contributed by atoms with E-state index in [1.54, 1.807) is 0 Å². The van der Waals surface area contributed by atoms with Gasteiger partial charge in [0, 0.05) is 12.6 Å². The quantitative estimate of drug-likeness (QED) is 0.736. The molecule has 0 unspecified atom stereocenters. The average molecular weight is 252 g/mol. The first-order valence-electron chi connectivity index (χ1n) is 6.29. The normalized spacial score (nSPS) is 10.9. The Morgan fingerprint density at radius 2 is 1.89 bits per heavy atom. The van der Waals surface area contributed by atoms with Gasteiger partial charge < -0.3 is 10.3 Å². The maximum atomic E-state index is 4.59. The molecule has 96 valence electrons. The van der Waals surface area contributed by atoms with Crippen molar-refractivity contribution in [2.24, 2.45) is 0 Å². The van der Waals surface area contributed by atoms with Crippen LogP contribution in [0.5, 0.6) is 0 Å². The first-order valence-corrected chi connectivity index (χ1v) is 6.29. The van der Waals surface area contributed by atoms with Crippen LogP contribution in [0, 0.1) is 13.8 Å². The topological polar surface area (TPSA) is 53.6 Å². The van der Waals surface area contributed by atoms with E-state index < -0.39 is 0 Å².